The van der Waals surface area contributed by atoms with Crippen LogP contribution in [0.25, 0.3) is 0 Å². The fourth-order valence-corrected chi connectivity index (χ4v) is 3.56. The van der Waals surface area contributed by atoms with E-state index in [0.717, 1.165) is 26.2 Å². The van der Waals surface area contributed by atoms with Crippen LogP contribution in [0.5, 0.6) is 0 Å². The largest absolute Gasteiger partial charge is 0.383 e. The first-order valence-electron chi connectivity index (χ1n) is 8.16. The van der Waals surface area contributed by atoms with E-state index in [4.69, 9.17) is 10.5 Å². The predicted octanol–water partition coefficient (Wildman–Crippen LogP) is 1.94. The SMILES string of the molecule is COCCN(C(C)C)C1(CN)CCCN(C(C)C)CC1. The molecule has 0 aromatic rings. The van der Waals surface area contributed by atoms with Crippen molar-refractivity contribution in [2.45, 2.75) is 64.6 Å². The monoisotopic (exact) mass is 285 g/mol. The van der Waals surface area contributed by atoms with E-state index in [0.29, 0.717) is 12.1 Å². The van der Waals surface area contributed by atoms with Gasteiger partial charge in [-0.05, 0) is 53.5 Å². The fourth-order valence-electron chi connectivity index (χ4n) is 3.56. The predicted molar refractivity (Wildman–Crippen MR) is 86.1 cm³/mol. The average molecular weight is 285 g/mol. The second-order valence-corrected chi connectivity index (χ2v) is 6.69. The Morgan fingerprint density at radius 1 is 1.20 bits per heavy atom. The Kier molecular flexibility index (Phi) is 7.45. The van der Waals surface area contributed by atoms with E-state index in [9.17, 15) is 0 Å². The summed E-state index contributed by atoms with van der Waals surface area (Å²) in [5, 5.41) is 0. The van der Waals surface area contributed by atoms with Gasteiger partial charge in [0.15, 0.2) is 0 Å². The summed E-state index contributed by atoms with van der Waals surface area (Å²) in [6.45, 7) is 14.0. The van der Waals surface area contributed by atoms with Crippen molar-refractivity contribution in [3.05, 3.63) is 0 Å². The van der Waals surface area contributed by atoms with E-state index < -0.39 is 0 Å². The number of rotatable bonds is 7. The van der Waals surface area contributed by atoms with Crippen molar-refractivity contribution in [2.24, 2.45) is 5.73 Å². The summed E-state index contributed by atoms with van der Waals surface area (Å²) in [6, 6.07) is 1.15. The molecule has 1 fully saturated rings. The minimum atomic E-state index is 0.149. The van der Waals surface area contributed by atoms with Gasteiger partial charge in [-0.25, -0.2) is 0 Å². The molecule has 120 valence electrons. The van der Waals surface area contributed by atoms with E-state index >= 15 is 0 Å². The first-order chi connectivity index (χ1) is 9.46. The van der Waals surface area contributed by atoms with Crippen LogP contribution < -0.4 is 5.73 Å². The third-order valence-electron chi connectivity index (χ3n) is 4.83. The first-order valence-corrected chi connectivity index (χ1v) is 8.16. The molecule has 0 radical (unpaired) electrons. The Morgan fingerprint density at radius 3 is 2.40 bits per heavy atom. The van der Waals surface area contributed by atoms with Gasteiger partial charge in [0.05, 0.1) is 6.61 Å². The summed E-state index contributed by atoms with van der Waals surface area (Å²) < 4.78 is 5.30. The molecular weight excluding hydrogens is 250 g/mol. The van der Waals surface area contributed by atoms with Crippen LogP contribution in [0, 0.1) is 0 Å². The average Bonchev–Trinajstić information content (AvgIpc) is 2.62. The molecule has 0 saturated carbocycles. The van der Waals surface area contributed by atoms with Gasteiger partial charge in [0.25, 0.3) is 0 Å². The van der Waals surface area contributed by atoms with Crippen LogP contribution in [0.4, 0.5) is 0 Å². The Labute approximate surface area is 125 Å². The molecule has 4 nitrogen and oxygen atoms in total. The maximum absolute atomic E-state index is 6.24. The molecule has 1 aliphatic heterocycles. The maximum atomic E-state index is 6.24. The smallest absolute Gasteiger partial charge is 0.0590 e. The van der Waals surface area contributed by atoms with Crippen LogP contribution in [0.3, 0.4) is 0 Å². The number of ether oxygens (including phenoxy) is 1. The quantitative estimate of drug-likeness (QED) is 0.776. The zero-order valence-corrected chi connectivity index (χ0v) is 14.2. The van der Waals surface area contributed by atoms with Crippen LogP contribution in [0.1, 0.15) is 47.0 Å². The molecule has 4 heteroatoms. The molecule has 0 aromatic heterocycles. The summed E-state index contributed by atoms with van der Waals surface area (Å²) in [5.74, 6) is 0. The zero-order valence-electron chi connectivity index (χ0n) is 14.2. The Balaban J connectivity index is 2.82. The van der Waals surface area contributed by atoms with Gasteiger partial charge in [0.2, 0.25) is 0 Å². The van der Waals surface area contributed by atoms with E-state index in [-0.39, 0.29) is 5.54 Å². The molecule has 0 aromatic carbocycles. The molecule has 2 N–H and O–H groups in total. The summed E-state index contributed by atoms with van der Waals surface area (Å²) >= 11 is 0. The number of methoxy groups -OCH3 is 1. The molecular formula is C16H35N3O. The van der Waals surface area contributed by atoms with Gasteiger partial charge in [-0.15, -0.1) is 0 Å². The Morgan fingerprint density at radius 2 is 1.90 bits per heavy atom. The van der Waals surface area contributed by atoms with Gasteiger partial charge in [-0.3, -0.25) is 4.90 Å². The molecule has 1 atom stereocenters. The minimum Gasteiger partial charge on any atom is -0.383 e. The fraction of sp³-hybridized carbons (Fsp3) is 1.00. The standard InChI is InChI=1S/C16H35N3O/c1-14(2)18-9-6-7-16(13-17,8-10-18)19(15(3)4)11-12-20-5/h14-15H,6-13,17H2,1-5H3. The van der Waals surface area contributed by atoms with Crippen LogP contribution in [-0.2, 0) is 4.74 Å². The van der Waals surface area contributed by atoms with Gasteiger partial charge in [-0.1, -0.05) is 0 Å². The summed E-state index contributed by atoms with van der Waals surface area (Å²) in [4.78, 5) is 5.17. The molecule has 0 bridgehead atoms. The molecule has 1 unspecified atom stereocenters. The van der Waals surface area contributed by atoms with Crippen molar-refractivity contribution in [2.75, 3.05) is 39.9 Å². The van der Waals surface area contributed by atoms with Gasteiger partial charge in [0.1, 0.15) is 0 Å². The van der Waals surface area contributed by atoms with Crippen LogP contribution in [0.15, 0.2) is 0 Å². The highest BCUT2D eigenvalue weighted by Crippen LogP contribution is 2.30. The highest BCUT2D eigenvalue weighted by atomic mass is 16.5. The lowest BCUT2D eigenvalue weighted by atomic mass is 9.87. The number of likely N-dealkylation sites (tertiary alicyclic amines) is 1. The number of nitrogens with zero attached hydrogens (tertiary/aromatic N) is 2. The number of nitrogens with two attached hydrogens (primary N) is 1. The van der Waals surface area contributed by atoms with Gasteiger partial charge < -0.3 is 15.4 Å². The molecule has 1 saturated heterocycles. The summed E-state index contributed by atoms with van der Waals surface area (Å²) in [6.07, 6.45) is 3.61. The van der Waals surface area contributed by atoms with E-state index in [1.54, 1.807) is 7.11 Å². The molecule has 1 aliphatic rings. The lowest BCUT2D eigenvalue weighted by molar-refractivity contribution is 0.0237. The summed E-state index contributed by atoms with van der Waals surface area (Å²) in [7, 11) is 1.78. The minimum absolute atomic E-state index is 0.149. The zero-order chi connectivity index (χ0) is 15.2. The maximum Gasteiger partial charge on any atom is 0.0590 e. The lowest BCUT2D eigenvalue weighted by Crippen LogP contribution is -2.58. The second kappa shape index (κ2) is 8.32. The van der Waals surface area contributed by atoms with Crippen molar-refractivity contribution < 1.29 is 4.74 Å². The van der Waals surface area contributed by atoms with Crippen molar-refractivity contribution in [3.8, 4) is 0 Å². The van der Waals surface area contributed by atoms with Gasteiger partial charge in [0, 0.05) is 44.4 Å². The second-order valence-electron chi connectivity index (χ2n) is 6.69. The van der Waals surface area contributed by atoms with Crippen LogP contribution in [-0.4, -0.2) is 67.3 Å². The molecule has 0 spiro atoms. The molecule has 20 heavy (non-hydrogen) atoms. The van der Waals surface area contributed by atoms with Gasteiger partial charge in [-0.2, -0.15) is 0 Å². The summed E-state index contributed by atoms with van der Waals surface area (Å²) in [5.41, 5.74) is 6.39. The van der Waals surface area contributed by atoms with Crippen molar-refractivity contribution in [1.82, 2.24) is 9.80 Å². The Bertz CT molecular complexity index is 270. The molecule has 1 heterocycles. The highest BCUT2D eigenvalue weighted by molar-refractivity contribution is 4.96. The van der Waals surface area contributed by atoms with Crippen LogP contribution >= 0.6 is 0 Å². The lowest BCUT2D eigenvalue weighted by Gasteiger charge is -2.45. The van der Waals surface area contributed by atoms with E-state index in [1.165, 1.54) is 25.8 Å². The third kappa shape index (κ3) is 4.42. The van der Waals surface area contributed by atoms with Gasteiger partial charge >= 0.3 is 0 Å². The van der Waals surface area contributed by atoms with Crippen molar-refractivity contribution in [1.29, 1.82) is 0 Å². The van der Waals surface area contributed by atoms with Crippen molar-refractivity contribution in [3.63, 3.8) is 0 Å². The number of hydrogen-bond acceptors (Lipinski definition) is 4. The topological polar surface area (TPSA) is 41.7 Å². The van der Waals surface area contributed by atoms with E-state index in [2.05, 4.69) is 37.5 Å². The van der Waals surface area contributed by atoms with E-state index in [1.807, 2.05) is 0 Å². The van der Waals surface area contributed by atoms with Crippen LogP contribution in [0.2, 0.25) is 0 Å². The molecule has 1 rings (SSSR count). The number of hydrogen-bond donors (Lipinski definition) is 1. The molecule has 0 amide bonds. The van der Waals surface area contributed by atoms with Crippen molar-refractivity contribution >= 4 is 0 Å². The first kappa shape index (κ1) is 17.9. The highest BCUT2D eigenvalue weighted by Gasteiger charge is 2.38. The normalized spacial score (nSPS) is 25.6. The Hall–Kier alpha value is -0.160. The third-order valence-corrected chi connectivity index (χ3v) is 4.83. The molecule has 0 aliphatic carbocycles.